The number of likely N-dealkylation sites (N-methyl/N-ethyl adjacent to an activating group) is 1. The number of carbonyl (C=O) groups is 1. The molecule has 94 valence electrons. The van der Waals surface area contributed by atoms with Crippen LogP contribution in [0.2, 0.25) is 0 Å². The van der Waals surface area contributed by atoms with Gasteiger partial charge in [-0.25, -0.2) is 9.52 Å². The molecule has 0 bridgehead atoms. The van der Waals surface area contributed by atoms with E-state index in [0.29, 0.717) is 19.8 Å². The number of nitrogens with one attached hydrogen (secondary N) is 1. The van der Waals surface area contributed by atoms with E-state index in [-0.39, 0.29) is 12.6 Å². The van der Waals surface area contributed by atoms with E-state index in [4.69, 9.17) is 14.6 Å². The minimum Gasteiger partial charge on any atom is -0.464 e. The lowest BCUT2D eigenvalue weighted by Crippen LogP contribution is -2.46. The van der Waals surface area contributed by atoms with Crippen LogP contribution in [0.1, 0.15) is 0 Å². The van der Waals surface area contributed by atoms with E-state index in [0.717, 1.165) is 4.31 Å². The van der Waals surface area contributed by atoms with Crippen LogP contribution in [-0.4, -0.2) is 63.4 Å². The maximum atomic E-state index is 11.4. The van der Waals surface area contributed by atoms with Gasteiger partial charge in [0.25, 0.3) is 0 Å². The average Bonchev–Trinajstić information content (AvgIpc) is 2.17. The van der Waals surface area contributed by atoms with Crippen LogP contribution in [0.3, 0.4) is 0 Å². The maximum absolute atomic E-state index is 11.4. The van der Waals surface area contributed by atoms with E-state index < -0.39 is 16.3 Å². The molecular weight excluding hydrogens is 240 g/mol. The Morgan fingerprint density at radius 3 is 2.75 bits per heavy atom. The Morgan fingerprint density at radius 1 is 1.56 bits per heavy atom. The third-order valence-electron chi connectivity index (χ3n) is 1.97. The predicted molar refractivity (Wildman–Crippen MR) is 53.3 cm³/mol. The third kappa shape index (κ3) is 3.93. The predicted octanol–water partition coefficient (Wildman–Crippen LogP) is -1.15. The van der Waals surface area contributed by atoms with E-state index in [1.807, 2.05) is 0 Å². The van der Waals surface area contributed by atoms with Gasteiger partial charge < -0.3 is 14.6 Å². The lowest BCUT2D eigenvalue weighted by atomic mass is 10.3. The highest BCUT2D eigenvalue weighted by atomic mass is 32.2. The quantitative estimate of drug-likeness (QED) is 0.656. The first-order valence-corrected chi connectivity index (χ1v) is 6.02. The lowest BCUT2D eigenvalue weighted by Gasteiger charge is -2.26. The summed E-state index contributed by atoms with van der Waals surface area (Å²) in [6.45, 7) is 1.24. The topological polar surface area (TPSA) is 105 Å². The summed E-state index contributed by atoms with van der Waals surface area (Å²) in [6, 6.07) is 0. The number of nitrogens with zero attached hydrogens (tertiary/aromatic N) is 1. The molecule has 0 saturated carbocycles. The SMILES string of the molecule is CN(CC1COCCO1)S(=O)(=O)NC(=O)O. The molecule has 1 atom stereocenters. The first-order chi connectivity index (χ1) is 7.42. The first-order valence-electron chi connectivity index (χ1n) is 4.58. The summed E-state index contributed by atoms with van der Waals surface area (Å²) < 4.78 is 35.3. The van der Waals surface area contributed by atoms with Gasteiger partial charge in [0, 0.05) is 13.6 Å². The van der Waals surface area contributed by atoms with Crippen molar-refractivity contribution in [2.75, 3.05) is 33.4 Å². The Labute approximate surface area is 93.3 Å². The smallest absolute Gasteiger partial charge is 0.419 e. The molecule has 0 spiro atoms. The van der Waals surface area contributed by atoms with Gasteiger partial charge in [-0.1, -0.05) is 0 Å². The summed E-state index contributed by atoms with van der Waals surface area (Å²) in [5, 5.41) is 8.33. The molecular formula is C7H14N2O6S. The van der Waals surface area contributed by atoms with Crippen molar-refractivity contribution in [1.82, 2.24) is 9.03 Å². The number of rotatable bonds is 4. The van der Waals surface area contributed by atoms with Gasteiger partial charge >= 0.3 is 16.3 Å². The van der Waals surface area contributed by atoms with Crippen molar-refractivity contribution in [1.29, 1.82) is 0 Å². The Kier molecular flexibility index (Phi) is 4.47. The Bertz CT molecular complexity index is 337. The van der Waals surface area contributed by atoms with Crippen molar-refractivity contribution in [3.05, 3.63) is 0 Å². The average molecular weight is 254 g/mol. The molecule has 0 aromatic rings. The van der Waals surface area contributed by atoms with Crippen LogP contribution < -0.4 is 4.72 Å². The summed E-state index contributed by atoms with van der Waals surface area (Å²) in [4.78, 5) is 10.2. The molecule has 1 heterocycles. The standard InChI is InChI=1S/C7H14N2O6S/c1-9(16(12,13)8-7(10)11)4-6-5-14-2-3-15-6/h6,8H,2-5H2,1H3,(H,10,11). The molecule has 0 aromatic heterocycles. The van der Waals surface area contributed by atoms with Crippen LogP contribution in [0.4, 0.5) is 4.79 Å². The van der Waals surface area contributed by atoms with Gasteiger partial charge in [0.2, 0.25) is 0 Å². The molecule has 9 heteroatoms. The van der Waals surface area contributed by atoms with Crippen molar-refractivity contribution in [2.24, 2.45) is 0 Å². The van der Waals surface area contributed by atoms with Gasteiger partial charge in [0.1, 0.15) is 0 Å². The molecule has 1 aliphatic heterocycles. The molecule has 0 radical (unpaired) electrons. The fourth-order valence-electron chi connectivity index (χ4n) is 1.22. The second-order valence-corrected chi connectivity index (χ2v) is 5.04. The first kappa shape index (κ1) is 13.2. The molecule has 8 nitrogen and oxygen atoms in total. The highest BCUT2D eigenvalue weighted by Crippen LogP contribution is 2.04. The summed E-state index contributed by atoms with van der Waals surface area (Å²) in [7, 11) is -2.74. The van der Waals surface area contributed by atoms with E-state index in [1.165, 1.54) is 11.8 Å². The van der Waals surface area contributed by atoms with Crippen molar-refractivity contribution in [3.63, 3.8) is 0 Å². The molecule has 0 aliphatic carbocycles. The van der Waals surface area contributed by atoms with E-state index in [1.54, 1.807) is 0 Å². The van der Waals surface area contributed by atoms with Gasteiger partial charge in [0.15, 0.2) is 0 Å². The van der Waals surface area contributed by atoms with Crippen molar-refractivity contribution in [2.45, 2.75) is 6.10 Å². The highest BCUT2D eigenvalue weighted by Gasteiger charge is 2.25. The molecule has 1 aliphatic rings. The summed E-state index contributed by atoms with van der Waals surface area (Å²) in [6.07, 6.45) is -1.99. The fourth-order valence-corrected chi connectivity index (χ4v) is 1.95. The summed E-state index contributed by atoms with van der Waals surface area (Å²) in [5.41, 5.74) is 0. The van der Waals surface area contributed by atoms with Crippen LogP contribution in [0.15, 0.2) is 0 Å². The van der Waals surface area contributed by atoms with Crippen LogP contribution in [0.5, 0.6) is 0 Å². The van der Waals surface area contributed by atoms with Crippen LogP contribution >= 0.6 is 0 Å². The minimum atomic E-state index is -4.01. The van der Waals surface area contributed by atoms with E-state index >= 15 is 0 Å². The van der Waals surface area contributed by atoms with Crippen molar-refractivity contribution < 1.29 is 27.8 Å². The second kappa shape index (κ2) is 5.43. The Balaban J connectivity index is 2.49. The van der Waals surface area contributed by atoms with E-state index in [2.05, 4.69) is 0 Å². The van der Waals surface area contributed by atoms with Crippen LogP contribution in [-0.2, 0) is 19.7 Å². The lowest BCUT2D eigenvalue weighted by molar-refractivity contribution is -0.0909. The number of hydrogen-bond donors (Lipinski definition) is 2. The summed E-state index contributed by atoms with van der Waals surface area (Å²) >= 11 is 0. The zero-order valence-corrected chi connectivity index (χ0v) is 9.57. The van der Waals surface area contributed by atoms with Gasteiger partial charge in [-0.2, -0.15) is 12.7 Å². The van der Waals surface area contributed by atoms with Gasteiger partial charge in [-0.05, 0) is 0 Å². The maximum Gasteiger partial charge on any atom is 0.419 e. The highest BCUT2D eigenvalue weighted by molar-refractivity contribution is 7.87. The zero-order chi connectivity index (χ0) is 12.2. The molecule has 2 N–H and O–H groups in total. The number of ether oxygens (including phenoxy) is 2. The molecule has 1 rings (SSSR count). The molecule has 1 amide bonds. The molecule has 1 unspecified atom stereocenters. The number of amides is 1. The van der Waals surface area contributed by atoms with E-state index in [9.17, 15) is 13.2 Å². The van der Waals surface area contributed by atoms with Crippen molar-refractivity contribution in [3.8, 4) is 0 Å². The fraction of sp³-hybridized carbons (Fsp3) is 0.857. The second-order valence-electron chi connectivity index (χ2n) is 3.26. The largest absolute Gasteiger partial charge is 0.464 e. The van der Waals surface area contributed by atoms with Gasteiger partial charge in [0.05, 0.1) is 25.9 Å². The third-order valence-corrected chi connectivity index (χ3v) is 3.37. The number of hydrogen-bond acceptors (Lipinski definition) is 5. The van der Waals surface area contributed by atoms with Crippen LogP contribution in [0.25, 0.3) is 0 Å². The minimum absolute atomic E-state index is 0.0443. The van der Waals surface area contributed by atoms with Crippen LogP contribution in [0, 0.1) is 0 Å². The molecule has 1 fully saturated rings. The molecule has 0 aromatic carbocycles. The molecule has 1 saturated heterocycles. The Hall–Kier alpha value is -0.900. The van der Waals surface area contributed by atoms with Gasteiger partial charge in [-0.15, -0.1) is 0 Å². The van der Waals surface area contributed by atoms with Gasteiger partial charge in [-0.3, -0.25) is 0 Å². The normalized spacial score (nSPS) is 22.0. The molecule has 16 heavy (non-hydrogen) atoms. The Morgan fingerprint density at radius 2 is 2.25 bits per heavy atom. The summed E-state index contributed by atoms with van der Waals surface area (Å²) in [5.74, 6) is 0. The zero-order valence-electron chi connectivity index (χ0n) is 8.75. The van der Waals surface area contributed by atoms with Crippen molar-refractivity contribution >= 4 is 16.3 Å². The number of carboxylic acid groups (broad SMARTS) is 1. The monoisotopic (exact) mass is 254 g/mol.